The van der Waals surface area contributed by atoms with Crippen molar-refractivity contribution >= 4 is 11.0 Å². The predicted molar refractivity (Wildman–Crippen MR) is 291 cm³/mol. The Kier molecular flexibility index (Phi) is 9.08. The van der Waals surface area contributed by atoms with Crippen LogP contribution in [0.4, 0.5) is 0 Å². The van der Waals surface area contributed by atoms with Crippen LogP contribution in [0.15, 0.2) is 133 Å². The molecule has 0 aliphatic heterocycles. The van der Waals surface area contributed by atoms with Crippen molar-refractivity contribution in [3.05, 3.63) is 167 Å². The first kappa shape index (κ1) is 34.9. The highest BCUT2D eigenvalue weighted by Crippen LogP contribution is 2.46. The number of nitrogens with zero attached hydrogens (tertiary/aromatic N) is 3. The second kappa shape index (κ2) is 17.7. The molecule has 6 aromatic carbocycles. The van der Waals surface area contributed by atoms with Gasteiger partial charge in [-0.1, -0.05) is 189 Å². The molecule has 1 N–H and O–H groups in total. The first-order valence-electron chi connectivity index (χ1n) is 29.5. The van der Waals surface area contributed by atoms with E-state index in [1.165, 1.54) is 12.3 Å². The highest BCUT2D eigenvalue weighted by atomic mass is 16.3. The number of hydrogen-bond donors (Lipinski definition) is 1. The quantitative estimate of drug-likeness (QED) is 0.165. The number of phenols is 1. The molecule has 0 amide bonds. The van der Waals surface area contributed by atoms with Crippen molar-refractivity contribution in [1.29, 1.82) is 0 Å². The average Bonchev–Trinajstić information content (AvgIpc) is 3.75. The zero-order valence-electron chi connectivity index (χ0n) is 54.2. The monoisotopic (exact) mass is 912 g/mol. The van der Waals surface area contributed by atoms with Gasteiger partial charge in [0.2, 0.25) is 0 Å². The molecule has 0 bridgehead atoms. The Morgan fingerprint density at radius 1 is 0.559 bits per heavy atom. The molecule has 0 aliphatic carbocycles. The van der Waals surface area contributed by atoms with Crippen molar-refractivity contribution in [1.82, 2.24) is 14.5 Å². The number of fused-ring (bicyclic) bond motifs is 1. The first-order valence-corrected chi connectivity index (χ1v) is 23.5. The Hall–Kier alpha value is -6.26. The van der Waals surface area contributed by atoms with Crippen LogP contribution in [0.25, 0.3) is 72.7 Å². The van der Waals surface area contributed by atoms with Crippen LogP contribution >= 0.6 is 0 Å². The molecule has 2 aromatic heterocycles. The van der Waals surface area contributed by atoms with Crippen molar-refractivity contribution in [2.45, 2.75) is 144 Å². The lowest BCUT2D eigenvalue weighted by Gasteiger charge is -2.28. The summed E-state index contributed by atoms with van der Waals surface area (Å²) in [5.74, 6) is -3.88. The minimum atomic E-state index is -3.53. The molecule has 0 spiro atoms. The summed E-state index contributed by atoms with van der Waals surface area (Å²) in [5, 5.41) is 12.6. The van der Waals surface area contributed by atoms with E-state index in [9.17, 15) is 6.48 Å². The van der Waals surface area contributed by atoms with Crippen LogP contribution in [-0.2, 0) is 21.7 Å². The fourth-order valence-corrected chi connectivity index (χ4v) is 8.97. The molecule has 0 fully saturated rings. The molecule has 2 heterocycles. The number of aromatic hydroxyl groups is 1. The van der Waals surface area contributed by atoms with Crippen LogP contribution in [0.2, 0.25) is 0 Å². The highest BCUT2D eigenvalue weighted by molar-refractivity contribution is 5.97. The number of aromatic nitrogens is 3. The van der Waals surface area contributed by atoms with Gasteiger partial charge in [0.05, 0.1) is 27.8 Å². The molecule has 8 rings (SSSR count). The molecule has 68 heavy (non-hydrogen) atoms. The number of rotatable bonds is 8. The van der Waals surface area contributed by atoms with Gasteiger partial charge in [-0.05, 0) is 138 Å². The minimum absolute atomic E-state index is 0.119. The van der Waals surface area contributed by atoms with Crippen LogP contribution in [0.1, 0.15) is 172 Å². The molecule has 4 nitrogen and oxygen atoms in total. The van der Waals surface area contributed by atoms with Crippen LogP contribution in [0, 0.1) is 0 Å². The Morgan fingerprint density at radius 3 is 1.85 bits per heavy atom. The molecule has 0 saturated heterocycles. The van der Waals surface area contributed by atoms with E-state index >= 15 is 0 Å². The maximum Gasteiger partial charge on any atom is 0.149 e. The number of imidazole rings is 1. The summed E-state index contributed by atoms with van der Waals surface area (Å²) in [6.07, 6.45) is 1.48. The summed E-state index contributed by atoms with van der Waals surface area (Å²) >= 11 is 0. The van der Waals surface area contributed by atoms with Gasteiger partial charge in [0.1, 0.15) is 11.6 Å². The second-order valence-electron chi connectivity index (χ2n) is 22.5. The summed E-state index contributed by atoms with van der Waals surface area (Å²) in [7, 11) is 0. The molecule has 0 radical (unpaired) electrons. The zero-order chi connectivity index (χ0) is 59.6. The van der Waals surface area contributed by atoms with Gasteiger partial charge in [-0.25, -0.2) is 4.98 Å². The number of benzene rings is 6. The van der Waals surface area contributed by atoms with Gasteiger partial charge in [-0.2, -0.15) is 0 Å². The van der Waals surface area contributed by atoms with Crippen LogP contribution < -0.4 is 0 Å². The maximum absolute atomic E-state index is 12.6. The molecular formula is C64H73N3O. The van der Waals surface area contributed by atoms with E-state index in [1.54, 1.807) is 6.07 Å². The van der Waals surface area contributed by atoms with Crippen molar-refractivity contribution < 1.29 is 21.6 Å². The topological polar surface area (TPSA) is 50.9 Å². The largest absolute Gasteiger partial charge is 0.507 e. The first-order chi connectivity index (χ1) is 36.6. The SMILES string of the molecule is [2H]c1c([2H])c(C([2H])(C([2H])([2H])[2H])C([2H])([2H])[2H])c([2H])c([2H])c1-c1ccnc(-c2cc(-c3cccc4c3nc(-c3cc(C(C)(C)C)cc(C(C)(C)C)c3O)n4-c3ccc(-c4ccccc4C(C)(C)C)c(C([2H])(C)C)c3)cc(C(C)(C)C)c2)c1. The number of pyridine rings is 1. The third-order valence-electron chi connectivity index (χ3n) is 12.9. The Bertz CT molecular complexity index is 3700. The lowest BCUT2D eigenvalue weighted by Crippen LogP contribution is -2.17. The molecule has 350 valence electrons. The van der Waals surface area contributed by atoms with E-state index in [-0.39, 0.29) is 27.7 Å². The van der Waals surface area contributed by atoms with Gasteiger partial charge >= 0.3 is 0 Å². The molecule has 0 saturated carbocycles. The Balaban J connectivity index is 1.42. The molecule has 4 heteroatoms. The normalized spacial score (nSPS) is 16.0. The second-order valence-corrected chi connectivity index (χ2v) is 22.5. The van der Waals surface area contributed by atoms with Crippen molar-refractivity contribution in [2.75, 3.05) is 0 Å². The fourth-order valence-electron chi connectivity index (χ4n) is 8.97. The standard InChI is InChI=1S/C64H73N3O/c1-39(2)41-24-26-42(27-25-41)43-30-31-65-56(35-43)45-32-44(33-46(34-45)61(5,6)7)49-21-19-23-57-58(49)66-60(53-36-47(62(8,9)10)37-55(59(53)68)64(14,15)16)67(57)48-28-29-50(52(38-48)40(3)4)51-20-17-18-22-54(51)63(11,12)13/h17-40,68H,1-16H3/i1D3,2D3,24D,25D,26D,27D,39D,40D. The van der Waals surface area contributed by atoms with E-state index in [1.807, 2.05) is 56.3 Å². The number of para-hydroxylation sites is 1. The average molecular weight is 912 g/mol. The van der Waals surface area contributed by atoms with Crippen LogP contribution in [0.3, 0.4) is 0 Å². The molecule has 0 aliphatic rings. The molecule has 8 aromatic rings. The van der Waals surface area contributed by atoms with Crippen molar-refractivity contribution in [2.24, 2.45) is 0 Å². The van der Waals surface area contributed by atoms with Gasteiger partial charge in [0.25, 0.3) is 0 Å². The Morgan fingerprint density at radius 2 is 1.21 bits per heavy atom. The minimum Gasteiger partial charge on any atom is -0.507 e. The summed E-state index contributed by atoms with van der Waals surface area (Å²) in [6.45, 7) is 22.3. The molecular weight excluding hydrogens is 827 g/mol. The van der Waals surface area contributed by atoms with Crippen molar-refractivity contribution in [3.63, 3.8) is 0 Å². The van der Waals surface area contributed by atoms with Gasteiger partial charge in [-0.3, -0.25) is 9.55 Å². The van der Waals surface area contributed by atoms with Gasteiger partial charge in [0, 0.05) is 39.5 Å². The number of hydrogen-bond acceptors (Lipinski definition) is 3. The number of phenolic OH excluding ortho intramolecular Hbond substituents is 1. The van der Waals surface area contributed by atoms with E-state index in [0.29, 0.717) is 28.2 Å². The Labute approximate surface area is 424 Å². The van der Waals surface area contributed by atoms with Crippen LogP contribution in [0.5, 0.6) is 5.75 Å². The van der Waals surface area contributed by atoms with E-state index < -0.39 is 66.1 Å². The molecule has 0 atom stereocenters. The molecule has 0 unspecified atom stereocenters. The highest BCUT2D eigenvalue weighted by Gasteiger charge is 2.30. The maximum atomic E-state index is 12.6. The third kappa shape index (κ3) is 9.44. The van der Waals surface area contributed by atoms with E-state index in [2.05, 4.69) is 136 Å². The fraction of sp³-hybridized carbons (Fsp3) is 0.344. The predicted octanol–water partition coefficient (Wildman–Crippen LogP) is 17.9. The van der Waals surface area contributed by atoms with E-state index in [0.717, 1.165) is 61.3 Å². The summed E-state index contributed by atoms with van der Waals surface area (Å²) in [4.78, 5) is 10.3. The zero-order valence-corrected chi connectivity index (χ0v) is 42.2. The summed E-state index contributed by atoms with van der Waals surface area (Å²) in [5.41, 5.74) is 9.62. The van der Waals surface area contributed by atoms with Gasteiger partial charge in [0.15, 0.2) is 0 Å². The third-order valence-corrected chi connectivity index (χ3v) is 12.9. The van der Waals surface area contributed by atoms with Crippen molar-refractivity contribution in [3.8, 4) is 67.5 Å². The van der Waals surface area contributed by atoms with Crippen LogP contribution in [-0.4, -0.2) is 19.6 Å². The van der Waals surface area contributed by atoms with E-state index in [4.69, 9.17) is 25.0 Å². The van der Waals surface area contributed by atoms with Gasteiger partial charge in [-0.15, -0.1) is 0 Å². The lowest BCUT2D eigenvalue weighted by molar-refractivity contribution is 0.446. The summed E-state index contributed by atoms with van der Waals surface area (Å²) in [6, 6.07) is 30.7. The lowest BCUT2D eigenvalue weighted by atomic mass is 9.79. The smallest absolute Gasteiger partial charge is 0.149 e. The summed E-state index contributed by atoms with van der Waals surface area (Å²) < 4.78 is 105. The van der Waals surface area contributed by atoms with Gasteiger partial charge < -0.3 is 5.11 Å².